The minimum Gasteiger partial charge on any atom is -0.469 e. The highest BCUT2D eigenvalue weighted by molar-refractivity contribution is 5.17. The van der Waals surface area contributed by atoms with Crippen molar-refractivity contribution in [3.63, 3.8) is 0 Å². The summed E-state index contributed by atoms with van der Waals surface area (Å²) in [6.45, 7) is 7.39. The minimum atomic E-state index is -0.186. The zero-order valence-corrected chi connectivity index (χ0v) is 13.0. The van der Waals surface area contributed by atoms with Crippen LogP contribution >= 0.6 is 0 Å². The van der Waals surface area contributed by atoms with Gasteiger partial charge in [0.2, 0.25) is 0 Å². The Morgan fingerprint density at radius 2 is 1.81 bits per heavy atom. The highest BCUT2D eigenvalue weighted by Crippen LogP contribution is 2.16. The second kappa shape index (κ2) is 6.90. The Labute approximate surface area is 126 Å². The summed E-state index contributed by atoms with van der Waals surface area (Å²) >= 11 is 0. The van der Waals surface area contributed by atoms with E-state index in [1.807, 2.05) is 24.3 Å². The number of hydrogen-bond donors (Lipinski definition) is 1. The number of rotatable bonds is 6. The van der Waals surface area contributed by atoms with Crippen LogP contribution in [0.25, 0.3) is 0 Å². The molecule has 0 amide bonds. The van der Waals surface area contributed by atoms with E-state index < -0.39 is 0 Å². The average Bonchev–Trinajstić information content (AvgIpc) is 2.91. The highest BCUT2D eigenvalue weighted by Gasteiger charge is 2.16. The first-order valence-electron chi connectivity index (χ1n) is 7.44. The van der Waals surface area contributed by atoms with Crippen LogP contribution in [-0.4, -0.2) is 12.1 Å². The van der Waals surface area contributed by atoms with Crippen LogP contribution < -0.4 is 5.32 Å². The van der Waals surface area contributed by atoms with Crippen molar-refractivity contribution in [2.75, 3.05) is 6.54 Å². The molecule has 1 unspecified atom stereocenters. The summed E-state index contributed by atoms with van der Waals surface area (Å²) in [6.07, 6.45) is 3.50. The van der Waals surface area contributed by atoms with Gasteiger partial charge in [-0.2, -0.15) is 0 Å². The zero-order valence-electron chi connectivity index (χ0n) is 13.0. The van der Waals surface area contributed by atoms with Gasteiger partial charge in [-0.25, -0.2) is 4.39 Å². The van der Waals surface area contributed by atoms with Gasteiger partial charge in [0, 0.05) is 12.0 Å². The first kappa shape index (κ1) is 15.8. The molecular formula is C18H24FNO. The van der Waals surface area contributed by atoms with Crippen LogP contribution in [0.5, 0.6) is 0 Å². The van der Waals surface area contributed by atoms with Crippen LogP contribution in [0, 0.1) is 11.7 Å². The Kier molecular flexibility index (Phi) is 5.18. The third-order valence-electron chi connectivity index (χ3n) is 3.43. The third kappa shape index (κ3) is 5.72. The monoisotopic (exact) mass is 289 g/mol. The number of benzene rings is 1. The van der Waals surface area contributed by atoms with Crippen molar-refractivity contribution in [2.24, 2.45) is 5.92 Å². The Morgan fingerprint density at radius 3 is 2.38 bits per heavy atom. The standard InChI is InChI=1S/C18H24FNO/c1-18(2,3)20-13-15(12-17-5-4-10-21-17)11-14-6-8-16(19)9-7-14/h4-10,15,20H,11-13H2,1-3H3. The molecule has 0 radical (unpaired) electrons. The molecule has 0 bridgehead atoms. The first-order chi connectivity index (χ1) is 9.92. The molecule has 0 fully saturated rings. The van der Waals surface area contributed by atoms with Gasteiger partial charge in [0.1, 0.15) is 11.6 Å². The number of halogens is 1. The highest BCUT2D eigenvalue weighted by atomic mass is 19.1. The lowest BCUT2D eigenvalue weighted by Crippen LogP contribution is -2.40. The van der Waals surface area contributed by atoms with E-state index in [-0.39, 0.29) is 11.4 Å². The van der Waals surface area contributed by atoms with Crippen molar-refractivity contribution >= 4 is 0 Å². The summed E-state index contributed by atoms with van der Waals surface area (Å²) in [5.74, 6) is 1.23. The SMILES string of the molecule is CC(C)(C)NCC(Cc1ccc(F)cc1)Cc1ccco1. The lowest BCUT2D eigenvalue weighted by molar-refractivity contribution is 0.351. The van der Waals surface area contributed by atoms with Gasteiger partial charge in [0.05, 0.1) is 6.26 Å². The molecular weight excluding hydrogens is 265 g/mol. The van der Waals surface area contributed by atoms with Crippen molar-refractivity contribution < 1.29 is 8.81 Å². The molecule has 114 valence electrons. The van der Waals surface area contributed by atoms with Crippen LogP contribution in [0.3, 0.4) is 0 Å². The van der Waals surface area contributed by atoms with E-state index in [2.05, 4.69) is 26.1 Å². The summed E-state index contributed by atoms with van der Waals surface area (Å²) in [4.78, 5) is 0. The summed E-state index contributed by atoms with van der Waals surface area (Å²) in [7, 11) is 0. The van der Waals surface area contributed by atoms with Crippen LogP contribution in [0.4, 0.5) is 4.39 Å². The molecule has 21 heavy (non-hydrogen) atoms. The van der Waals surface area contributed by atoms with Gasteiger partial charge in [0.15, 0.2) is 0 Å². The van der Waals surface area contributed by atoms with E-state index >= 15 is 0 Å². The van der Waals surface area contributed by atoms with E-state index in [1.54, 1.807) is 6.26 Å². The Morgan fingerprint density at radius 1 is 1.10 bits per heavy atom. The van der Waals surface area contributed by atoms with Gasteiger partial charge in [0.25, 0.3) is 0 Å². The molecule has 2 rings (SSSR count). The fraction of sp³-hybridized carbons (Fsp3) is 0.444. The van der Waals surface area contributed by atoms with Crippen molar-refractivity contribution in [2.45, 2.75) is 39.2 Å². The van der Waals surface area contributed by atoms with Gasteiger partial charge in [-0.1, -0.05) is 12.1 Å². The molecule has 3 heteroatoms. The average molecular weight is 289 g/mol. The smallest absolute Gasteiger partial charge is 0.123 e. The molecule has 1 heterocycles. The maximum Gasteiger partial charge on any atom is 0.123 e. The molecule has 0 aliphatic carbocycles. The molecule has 1 aromatic heterocycles. The predicted octanol–water partition coefficient (Wildman–Crippen LogP) is 4.21. The maximum atomic E-state index is 13.0. The van der Waals surface area contributed by atoms with Gasteiger partial charge >= 0.3 is 0 Å². The van der Waals surface area contributed by atoms with Crippen molar-refractivity contribution in [1.82, 2.24) is 5.32 Å². The van der Waals surface area contributed by atoms with Crippen LogP contribution in [-0.2, 0) is 12.8 Å². The van der Waals surface area contributed by atoms with Gasteiger partial charge in [-0.15, -0.1) is 0 Å². The molecule has 0 spiro atoms. The van der Waals surface area contributed by atoms with Gasteiger partial charge in [-0.05, 0) is 69.5 Å². The fourth-order valence-corrected chi connectivity index (χ4v) is 2.33. The zero-order chi connectivity index (χ0) is 15.3. The fourth-order valence-electron chi connectivity index (χ4n) is 2.33. The number of furan rings is 1. The van der Waals surface area contributed by atoms with Crippen molar-refractivity contribution in [1.29, 1.82) is 0 Å². The molecule has 1 N–H and O–H groups in total. The summed E-state index contributed by atoms with van der Waals surface area (Å²) in [6, 6.07) is 10.7. The van der Waals surface area contributed by atoms with E-state index in [1.165, 1.54) is 12.1 Å². The second-order valence-electron chi connectivity index (χ2n) is 6.61. The largest absolute Gasteiger partial charge is 0.469 e. The maximum absolute atomic E-state index is 13.0. The molecule has 0 saturated heterocycles. The second-order valence-corrected chi connectivity index (χ2v) is 6.61. The predicted molar refractivity (Wildman–Crippen MR) is 83.8 cm³/mol. The van der Waals surface area contributed by atoms with Gasteiger partial charge in [-0.3, -0.25) is 0 Å². The van der Waals surface area contributed by atoms with Gasteiger partial charge < -0.3 is 9.73 Å². The molecule has 2 aromatic rings. The first-order valence-corrected chi connectivity index (χ1v) is 7.44. The molecule has 0 aliphatic heterocycles. The lowest BCUT2D eigenvalue weighted by Gasteiger charge is -2.25. The topological polar surface area (TPSA) is 25.2 Å². The van der Waals surface area contributed by atoms with E-state index in [0.29, 0.717) is 5.92 Å². The number of nitrogens with one attached hydrogen (secondary N) is 1. The van der Waals surface area contributed by atoms with Crippen LogP contribution in [0.2, 0.25) is 0 Å². The lowest BCUT2D eigenvalue weighted by atomic mass is 9.94. The van der Waals surface area contributed by atoms with Crippen molar-refractivity contribution in [3.8, 4) is 0 Å². The Hall–Kier alpha value is -1.61. The quantitative estimate of drug-likeness (QED) is 0.862. The van der Waals surface area contributed by atoms with Crippen LogP contribution in [0.15, 0.2) is 47.1 Å². The Balaban J connectivity index is 2.01. The molecule has 1 atom stereocenters. The van der Waals surface area contributed by atoms with Crippen LogP contribution in [0.1, 0.15) is 32.1 Å². The summed E-state index contributed by atoms with van der Waals surface area (Å²) in [5.41, 5.74) is 1.24. The minimum absolute atomic E-state index is 0.0875. The molecule has 2 nitrogen and oxygen atoms in total. The normalized spacial score (nSPS) is 13.3. The Bertz CT molecular complexity index is 525. The molecule has 0 aliphatic rings. The summed E-state index contributed by atoms with van der Waals surface area (Å²) in [5, 5.41) is 3.55. The molecule has 1 aromatic carbocycles. The van der Waals surface area contributed by atoms with E-state index in [4.69, 9.17) is 4.42 Å². The van der Waals surface area contributed by atoms with Crippen molar-refractivity contribution in [3.05, 3.63) is 59.8 Å². The third-order valence-corrected chi connectivity index (χ3v) is 3.43. The number of hydrogen-bond acceptors (Lipinski definition) is 2. The molecule has 0 saturated carbocycles. The van der Waals surface area contributed by atoms with E-state index in [0.717, 1.165) is 30.7 Å². The summed E-state index contributed by atoms with van der Waals surface area (Å²) < 4.78 is 18.5. The van der Waals surface area contributed by atoms with E-state index in [9.17, 15) is 4.39 Å².